The Morgan fingerprint density at radius 3 is 2.46 bits per heavy atom. The van der Waals surface area contributed by atoms with Crippen LogP contribution in [0.5, 0.6) is 5.75 Å². The van der Waals surface area contributed by atoms with Gasteiger partial charge >= 0.3 is 12.0 Å². The number of nitrogens with zero attached hydrogens (tertiary/aromatic N) is 2. The molecule has 9 nitrogen and oxygen atoms in total. The van der Waals surface area contributed by atoms with Crippen LogP contribution in [0.3, 0.4) is 0 Å². The number of esters is 1. The van der Waals surface area contributed by atoms with E-state index in [4.69, 9.17) is 15.2 Å². The summed E-state index contributed by atoms with van der Waals surface area (Å²) in [5.74, 6) is -0.809. The largest absolute Gasteiger partial charge is 0.530 e. The van der Waals surface area contributed by atoms with E-state index in [-0.39, 0.29) is 42.9 Å². The minimum Gasteiger partial charge on any atom is -0.530 e. The highest BCUT2D eigenvalue weighted by atomic mass is 19.3. The third kappa shape index (κ3) is 4.99. The summed E-state index contributed by atoms with van der Waals surface area (Å²) in [6.07, 6.45) is -3.44. The molecule has 1 fully saturated rings. The molecule has 1 saturated heterocycles. The van der Waals surface area contributed by atoms with Crippen LogP contribution in [-0.4, -0.2) is 62.3 Å². The molecule has 1 aliphatic rings. The van der Waals surface area contributed by atoms with Crippen molar-refractivity contribution in [1.82, 2.24) is 4.90 Å². The lowest BCUT2D eigenvalue weighted by Gasteiger charge is -2.39. The number of hydrogen-bond acceptors (Lipinski definition) is 6. The number of rotatable bonds is 6. The quantitative estimate of drug-likeness (QED) is 0.705. The van der Waals surface area contributed by atoms with Crippen LogP contribution >= 0.6 is 0 Å². The Labute approximate surface area is 159 Å². The number of piperidine rings is 1. The summed E-state index contributed by atoms with van der Waals surface area (Å²) in [5, 5.41) is 10.9. The molecule has 1 aromatic carbocycles. The Kier molecular flexibility index (Phi) is 6.96. The van der Waals surface area contributed by atoms with Crippen molar-refractivity contribution in [3.8, 4) is 5.75 Å². The fraction of sp³-hybridized carbons (Fsp3) is 0.471. The molecule has 28 heavy (non-hydrogen) atoms. The minimum atomic E-state index is -2.70. The number of carbonyl (C=O) groups excluding carboxylic acids is 3. The molecule has 0 saturated carbocycles. The number of carboxylic acid groups (broad SMARTS) is 1. The lowest BCUT2D eigenvalue weighted by Crippen LogP contribution is -2.53. The number of likely N-dealkylation sites (tertiary alicyclic amines) is 1. The summed E-state index contributed by atoms with van der Waals surface area (Å²) in [7, 11) is 1.13. The number of alkyl halides is 2. The zero-order chi connectivity index (χ0) is 20.8. The molecule has 1 aromatic rings. The molecule has 2 rings (SSSR count). The summed E-state index contributed by atoms with van der Waals surface area (Å²) >= 11 is 0. The Hall–Kier alpha value is -3.11. The second-order valence-corrected chi connectivity index (χ2v) is 6.06. The van der Waals surface area contributed by atoms with Crippen LogP contribution in [0, 0.1) is 0 Å². The molecule has 1 aliphatic heterocycles. The van der Waals surface area contributed by atoms with Crippen molar-refractivity contribution < 1.29 is 37.7 Å². The number of urea groups is 1. The van der Waals surface area contributed by atoms with Crippen molar-refractivity contribution >= 4 is 23.8 Å². The van der Waals surface area contributed by atoms with Crippen molar-refractivity contribution in [1.29, 1.82) is 0 Å². The van der Waals surface area contributed by atoms with Gasteiger partial charge in [-0.05, 0) is 31.0 Å². The summed E-state index contributed by atoms with van der Waals surface area (Å²) < 4.78 is 34.3. The fourth-order valence-electron chi connectivity index (χ4n) is 3.05. The molecule has 1 heterocycles. The van der Waals surface area contributed by atoms with E-state index in [0.717, 1.165) is 12.0 Å². The van der Waals surface area contributed by atoms with Gasteiger partial charge in [-0.3, -0.25) is 4.90 Å². The lowest BCUT2D eigenvalue weighted by atomic mass is 10.0. The SMILES string of the molecule is COC(=O)c1cc(OCC(F)F)ccc1N(C(N)=O)C1CCN(C(=O)[O-])CC1. The van der Waals surface area contributed by atoms with Crippen LogP contribution in [0.15, 0.2) is 18.2 Å². The molecule has 0 aliphatic carbocycles. The Morgan fingerprint density at radius 1 is 1.32 bits per heavy atom. The molecule has 3 amide bonds. The average Bonchev–Trinajstić information content (AvgIpc) is 2.66. The third-order valence-electron chi connectivity index (χ3n) is 4.33. The number of halogens is 2. The van der Waals surface area contributed by atoms with Gasteiger partial charge in [-0.15, -0.1) is 0 Å². The van der Waals surface area contributed by atoms with E-state index in [0.29, 0.717) is 0 Å². The number of primary amides is 1. The Morgan fingerprint density at radius 2 is 1.96 bits per heavy atom. The standard InChI is InChI=1S/C17H21F2N3O6/c1-27-15(23)12-8-11(28-9-14(18)19)2-3-13(12)22(16(20)24)10-4-6-21(7-5-10)17(25)26/h2-3,8,10,14H,4-7,9H2,1H3,(H2,20,24)(H,25,26)/p-1. The second kappa shape index (κ2) is 9.20. The van der Waals surface area contributed by atoms with Gasteiger partial charge in [0.25, 0.3) is 6.43 Å². The molecule has 0 radical (unpaired) electrons. The van der Waals surface area contributed by atoms with Gasteiger partial charge < -0.3 is 30.0 Å². The lowest BCUT2D eigenvalue weighted by molar-refractivity contribution is -0.266. The smallest absolute Gasteiger partial charge is 0.340 e. The number of benzene rings is 1. The molecular formula is C17H20F2N3O6-. The van der Waals surface area contributed by atoms with Crippen LogP contribution in [0.4, 0.5) is 24.1 Å². The van der Waals surface area contributed by atoms with Crippen LogP contribution in [0.25, 0.3) is 0 Å². The van der Waals surface area contributed by atoms with E-state index in [1.54, 1.807) is 0 Å². The molecule has 0 spiro atoms. The van der Waals surface area contributed by atoms with Crippen molar-refractivity contribution in [3.05, 3.63) is 23.8 Å². The maximum absolute atomic E-state index is 12.4. The van der Waals surface area contributed by atoms with E-state index in [1.165, 1.54) is 23.1 Å². The zero-order valence-electron chi connectivity index (χ0n) is 15.1. The van der Waals surface area contributed by atoms with Crippen molar-refractivity contribution in [2.24, 2.45) is 5.73 Å². The second-order valence-electron chi connectivity index (χ2n) is 6.06. The van der Waals surface area contributed by atoms with E-state index in [2.05, 4.69) is 0 Å². The van der Waals surface area contributed by atoms with E-state index in [1.807, 2.05) is 0 Å². The van der Waals surface area contributed by atoms with Gasteiger partial charge in [0.15, 0.2) is 0 Å². The van der Waals surface area contributed by atoms with Gasteiger partial charge in [-0.25, -0.2) is 18.4 Å². The molecule has 2 N–H and O–H groups in total. The Bertz CT molecular complexity index is 738. The number of amides is 3. The Balaban J connectivity index is 2.33. The number of methoxy groups -OCH3 is 1. The number of ether oxygens (including phenoxy) is 2. The predicted molar refractivity (Wildman–Crippen MR) is 91.3 cm³/mol. The first-order valence-corrected chi connectivity index (χ1v) is 8.42. The van der Waals surface area contributed by atoms with Crippen LogP contribution in [0.2, 0.25) is 0 Å². The number of nitrogens with two attached hydrogens (primary N) is 1. The maximum Gasteiger partial charge on any atom is 0.340 e. The number of anilines is 1. The van der Waals surface area contributed by atoms with Crippen LogP contribution in [0.1, 0.15) is 23.2 Å². The molecular weight excluding hydrogens is 380 g/mol. The fourth-order valence-corrected chi connectivity index (χ4v) is 3.05. The minimum absolute atomic E-state index is 0.000594. The molecule has 0 unspecified atom stereocenters. The molecule has 154 valence electrons. The zero-order valence-corrected chi connectivity index (χ0v) is 15.1. The first-order chi connectivity index (χ1) is 13.2. The molecule has 11 heteroatoms. The summed E-state index contributed by atoms with van der Waals surface area (Å²) in [5.41, 5.74) is 5.54. The highest BCUT2D eigenvalue weighted by Crippen LogP contribution is 2.30. The van der Waals surface area contributed by atoms with Crippen molar-refractivity contribution in [3.63, 3.8) is 0 Å². The third-order valence-corrected chi connectivity index (χ3v) is 4.33. The topological polar surface area (TPSA) is 125 Å². The van der Waals surface area contributed by atoms with Gasteiger partial charge in [0.1, 0.15) is 18.4 Å². The van der Waals surface area contributed by atoms with E-state index in [9.17, 15) is 28.3 Å². The highest BCUT2D eigenvalue weighted by Gasteiger charge is 2.31. The maximum atomic E-state index is 12.4. The van der Waals surface area contributed by atoms with Crippen LogP contribution in [-0.2, 0) is 4.74 Å². The van der Waals surface area contributed by atoms with Gasteiger partial charge in [-0.1, -0.05) is 0 Å². The summed E-state index contributed by atoms with van der Waals surface area (Å²) in [4.78, 5) is 37.5. The highest BCUT2D eigenvalue weighted by molar-refractivity contribution is 6.02. The first kappa shape index (κ1) is 21.2. The van der Waals surface area contributed by atoms with Gasteiger partial charge in [-0.2, -0.15) is 0 Å². The average molecular weight is 400 g/mol. The molecule has 0 bridgehead atoms. The van der Waals surface area contributed by atoms with Gasteiger partial charge in [0.2, 0.25) is 0 Å². The first-order valence-electron chi connectivity index (χ1n) is 8.42. The van der Waals surface area contributed by atoms with Crippen molar-refractivity contribution in [2.75, 3.05) is 31.7 Å². The van der Waals surface area contributed by atoms with Crippen LogP contribution < -0.4 is 20.5 Å². The predicted octanol–water partition coefficient (Wildman–Crippen LogP) is 0.810. The normalized spacial score (nSPS) is 14.6. The number of carbonyl (C=O) groups is 3. The number of hydrogen-bond donors (Lipinski definition) is 1. The molecule has 0 aromatic heterocycles. The van der Waals surface area contributed by atoms with Crippen molar-refractivity contribution in [2.45, 2.75) is 25.3 Å². The molecule has 0 atom stereocenters. The summed E-state index contributed by atoms with van der Waals surface area (Å²) in [6.45, 7) is -0.582. The van der Waals surface area contributed by atoms with E-state index >= 15 is 0 Å². The summed E-state index contributed by atoms with van der Waals surface area (Å²) in [6, 6.07) is 2.55. The monoisotopic (exact) mass is 400 g/mol. The van der Waals surface area contributed by atoms with E-state index < -0.39 is 37.2 Å². The van der Waals surface area contributed by atoms with Gasteiger partial charge in [0.05, 0.1) is 18.4 Å². The van der Waals surface area contributed by atoms with Gasteiger partial charge in [0, 0.05) is 19.1 Å².